The van der Waals surface area contributed by atoms with Crippen molar-refractivity contribution in [3.63, 3.8) is 0 Å². The Morgan fingerprint density at radius 3 is 2.00 bits per heavy atom. The van der Waals surface area contributed by atoms with Crippen molar-refractivity contribution in [2.75, 3.05) is 13.6 Å². The van der Waals surface area contributed by atoms with E-state index < -0.39 is 5.41 Å². The second-order valence-corrected chi connectivity index (χ2v) is 6.41. The van der Waals surface area contributed by atoms with Crippen LogP contribution in [0.3, 0.4) is 0 Å². The van der Waals surface area contributed by atoms with Crippen LogP contribution in [-0.2, 0) is 9.59 Å². The third-order valence-corrected chi connectivity index (χ3v) is 2.78. The Kier molecular flexibility index (Phi) is 5.84. The molecule has 4 nitrogen and oxygen atoms in total. The number of hydrogen-bond acceptors (Lipinski definition) is 2. The highest BCUT2D eigenvalue weighted by atomic mass is 16.2. The van der Waals surface area contributed by atoms with Crippen molar-refractivity contribution in [3.8, 4) is 0 Å². The lowest BCUT2D eigenvalue weighted by Crippen LogP contribution is -2.53. The van der Waals surface area contributed by atoms with Crippen LogP contribution in [0.5, 0.6) is 0 Å². The molecule has 0 atom stereocenters. The molecule has 0 fully saturated rings. The summed E-state index contributed by atoms with van der Waals surface area (Å²) in [4.78, 5) is 26.0. The van der Waals surface area contributed by atoms with Gasteiger partial charge in [0.1, 0.15) is 5.41 Å². The van der Waals surface area contributed by atoms with Gasteiger partial charge in [0.25, 0.3) is 0 Å². The third-order valence-electron chi connectivity index (χ3n) is 2.78. The molecule has 0 saturated heterocycles. The molecule has 0 aliphatic carbocycles. The SMILES string of the molecule is CCCCN(C)C(=O)C(C)(C)C(=O)NC(C)(C)C. The Labute approximate surface area is 111 Å². The molecule has 0 bridgehead atoms. The molecule has 0 rings (SSSR count). The number of rotatable bonds is 5. The van der Waals surface area contributed by atoms with E-state index >= 15 is 0 Å². The Morgan fingerprint density at radius 1 is 1.11 bits per heavy atom. The molecular weight excluding hydrogens is 228 g/mol. The van der Waals surface area contributed by atoms with Crippen molar-refractivity contribution < 1.29 is 9.59 Å². The van der Waals surface area contributed by atoms with Crippen LogP contribution >= 0.6 is 0 Å². The predicted octanol–water partition coefficient (Wildman–Crippen LogP) is 2.19. The number of amides is 2. The molecule has 0 aromatic carbocycles. The summed E-state index contributed by atoms with van der Waals surface area (Å²) in [5.41, 5.74) is -1.34. The highest BCUT2D eigenvalue weighted by molar-refractivity contribution is 6.04. The number of unbranched alkanes of at least 4 members (excludes halogenated alkanes) is 1. The zero-order valence-electron chi connectivity index (χ0n) is 12.9. The van der Waals surface area contributed by atoms with E-state index in [4.69, 9.17) is 0 Å². The van der Waals surface area contributed by atoms with Gasteiger partial charge in [0.15, 0.2) is 0 Å². The van der Waals surface area contributed by atoms with Crippen LogP contribution in [0.15, 0.2) is 0 Å². The van der Waals surface area contributed by atoms with E-state index in [1.807, 2.05) is 20.8 Å². The fraction of sp³-hybridized carbons (Fsp3) is 0.857. The lowest BCUT2D eigenvalue weighted by molar-refractivity contribution is -0.148. The summed E-state index contributed by atoms with van der Waals surface area (Å²) in [5.74, 6) is -0.346. The molecule has 0 aliphatic rings. The number of carbonyl (C=O) groups is 2. The number of nitrogens with zero attached hydrogens (tertiary/aromatic N) is 1. The molecule has 106 valence electrons. The third kappa shape index (κ3) is 5.07. The van der Waals surface area contributed by atoms with Crippen molar-refractivity contribution in [2.45, 2.75) is 59.9 Å². The fourth-order valence-corrected chi connectivity index (χ4v) is 1.57. The lowest BCUT2D eigenvalue weighted by Gasteiger charge is -2.31. The molecule has 0 unspecified atom stereocenters. The van der Waals surface area contributed by atoms with E-state index in [0.717, 1.165) is 12.8 Å². The second kappa shape index (κ2) is 6.21. The fourth-order valence-electron chi connectivity index (χ4n) is 1.57. The number of hydrogen-bond donors (Lipinski definition) is 1. The van der Waals surface area contributed by atoms with Gasteiger partial charge in [-0.3, -0.25) is 9.59 Å². The minimum atomic E-state index is -1.02. The molecule has 0 spiro atoms. The minimum absolute atomic E-state index is 0.127. The van der Waals surface area contributed by atoms with Gasteiger partial charge in [-0.1, -0.05) is 13.3 Å². The van der Waals surface area contributed by atoms with Crippen LogP contribution in [0.4, 0.5) is 0 Å². The van der Waals surface area contributed by atoms with E-state index in [1.54, 1.807) is 25.8 Å². The predicted molar refractivity (Wildman–Crippen MR) is 74.2 cm³/mol. The average molecular weight is 256 g/mol. The van der Waals surface area contributed by atoms with Crippen LogP contribution in [0.25, 0.3) is 0 Å². The van der Waals surface area contributed by atoms with Gasteiger partial charge >= 0.3 is 0 Å². The minimum Gasteiger partial charge on any atom is -0.351 e. The smallest absolute Gasteiger partial charge is 0.237 e. The van der Waals surface area contributed by atoms with Gasteiger partial charge in [-0.25, -0.2) is 0 Å². The highest BCUT2D eigenvalue weighted by Gasteiger charge is 2.39. The lowest BCUT2D eigenvalue weighted by atomic mass is 9.89. The van der Waals surface area contributed by atoms with Crippen LogP contribution in [0.2, 0.25) is 0 Å². The molecule has 18 heavy (non-hydrogen) atoms. The Hall–Kier alpha value is -1.06. The Balaban J connectivity index is 4.70. The molecule has 1 N–H and O–H groups in total. The normalized spacial score (nSPS) is 12.2. The first-order valence-corrected chi connectivity index (χ1v) is 6.60. The summed E-state index contributed by atoms with van der Waals surface area (Å²) in [5, 5.41) is 2.86. The van der Waals surface area contributed by atoms with Crippen LogP contribution < -0.4 is 5.32 Å². The molecule has 0 saturated carbocycles. The van der Waals surface area contributed by atoms with Gasteiger partial charge in [-0.2, -0.15) is 0 Å². The summed E-state index contributed by atoms with van der Waals surface area (Å²) in [7, 11) is 1.75. The molecule has 0 aromatic heterocycles. The van der Waals surface area contributed by atoms with Crippen molar-refractivity contribution in [1.29, 1.82) is 0 Å². The number of carbonyl (C=O) groups excluding carboxylic acids is 2. The molecule has 0 heterocycles. The zero-order chi connectivity index (χ0) is 14.6. The molecule has 2 amide bonds. The summed E-state index contributed by atoms with van der Waals surface area (Å²) in [6.07, 6.45) is 1.99. The van der Waals surface area contributed by atoms with E-state index in [-0.39, 0.29) is 17.4 Å². The first-order chi connectivity index (χ1) is 8.02. The Morgan fingerprint density at radius 2 is 1.61 bits per heavy atom. The van der Waals surface area contributed by atoms with Crippen molar-refractivity contribution in [3.05, 3.63) is 0 Å². The molecule has 0 aliphatic heterocycles. The van der Waals surface area contributed by atoms with E-state index in [0.29, 0.717) is 6.54 Å². The summed E-state index contributed by atoms with van der Waals surface area (Å²) < 4.78 is 0. The van der Waals surface area contributed by atoms with Gasteiger partial charge < -0.3 is 10.2 Å². The van der Waals surface area contributed by atoms with Gasteiger partial charge in [0.05, 0.1) is 0 Å². The molecule has 0 radical (unpaired) electrons. The topological polar surface area (TPSA) is 49.4 Å². The van der Waals surface area contributed by atoms with Crippen molar-refractivity contribution in [1.82, 2.24) is 10.2 Å². The zero-order valence-corrected chi connectivity index (χ0v) is 12.9. The van der Waals surface area contributed by atoms with Crippen molar-refractivity contribution >= 4 is 11.8 Å². The van der Waals surface area contributed by atoms with Gasteiger partial charge in [-0.05, 0) is 41.0 Å². The maximum Gasteiger partial charge on any atom is 0.237 e. The number of nitrogens with one attached hydrogen (secondary N) is 1. The summed E-state index contributed by atoms with van der Waals surface area (Å²) >= 11 is 0. The standard InChI is InChI=1S/C14H28N2O2/c1-8-9-10-16(7)12(18)14(5,6)11(17)15-13(2,3)4/h8-10H2,1-7H3,(H,15,17). The summed E-state index contributed by atoms with van der Waals surface area (Å²) in [6.45, 7) is 11.9. The summed E-state index contributed by atoms with van der Waals surface area (Å²) in [6, 6.07) is 0. The average Bonchev–Trinajstić information content (AvgIpc) is 2.22. The van der Waals surface area contributed by atoms with Crippen LogP contribution in [-0.4, -0.2) is 35.8 Å². The Bertz CT molecular complexity index is 303. The van der Waals surface area contributed by atoms with Crippen LogP contribution in [0, 0.1) is 5.41 Å². The maximum absolute atomic E-state index is 12.3. The largest absolute Gasteiger partial charge is 0.351 e. The van der Waals surface area contributed by atoms with Gasteiger partial charge in [-0.15, -0.1) is 0 Å². The van der Waals surface area contributed by atoms with E-state index in [9.17, 15) is 9.59 Å². The van der Waals surface area contributed by atoms with Gasteiger partial charge in [0.2, 0.25) is 11.8 Å². The van der Waals surface area contributed by atoms with Gasteiger partial charge in [0, 0.05) is 19.1 Å². The monoisotopic (exact) mass is 256 g/mol. The first kappa shape index (κ1) is 16.9. The second-order valence-electron chi connectivity index (χ2n) is 6.41. The molecule has 4 heteroatoms. The highest BCUT2D eigenvalue weighted by Crippen LogP contribution is 2.20. The molecular formula is C14H28N2O2. The molecule has 0 aromatic rings. The van der Waals surface area contributed by atoms with E-state index in [1.165, 1.54) is 0 Å². The quantitative estimate of drug-likeness (QED) is 0.767. The first-order valence-electron chi connectivity index (χ1n) is 6.60. The van der Waals surface area contributed by atoms with Crippen LogP contribution in [0.1, 0.15) is 54.4 Å². The van der Waals surface area contributed by atoms with Crippen molar-refractivity contribution in [2.24, 2.45) is 5.41 Å². The maximum atomic E-state index is 12.3. The van der Waals surface area contributed by atoms with E-state index in [2.05, 4.69) is 12.2 Å².